The maximum Gasteiger partial charge on any atom is 0.338 e. The quantitative estimate of drug-likeness (QED) is 0.575. The number of nitrogens with zero attached hydrogens (tertiary/aromatic N) is 2. The average molecular weight is 433 g/mol. The number of rotatable bonds is 5. The van der Waals surface area contributed by atoms with Crippen LogP contribution < -0.4 is 0 Å². The summed E-state index contributed by atoms with van der Waals surface area (Å²) in [5.41, 5.74) is 1.68. The van der Waals surface area contributed by atoms with Crippen molar-refractivity contribution in [1.82, 2.24) is 9.96 Å². The molecular weight excluding hydrogens is 412 g/mol. The molecule has 3 aromatic rings. The molecule has 0 unspecified atom stereocenters. The van der Waals surface area contributed by atoms with Gasteiger partial charge in [-0.3, -0.25) is 14.5 Å². The van der Waals surface area contributed by atoms with Gasteiger partial charge in [0.1, 0.15) is 0 Å². The van der Waals surface area contributed by atoms with Crippen molar-refractivity contribution in [2.75, 3.05) is 13.1 Å². The molecule has 2 atom stereocenters. The van der Waals surface area contributed by atoms with Crippen molar-refractivity contribution < 1.29 is 19.2 Å². The average Bonchev–Trinajstić information content (AvgIpc) is 3.51. The van der Waals surface area contributed by atoms with Crippen molar-refractivity contribution in [2.45, 2.75) is 12.5 Å². The molecule has 0 radical (unpaired) electrons. The zero-order valence-corrected chi connectivity index (χ0v) is 17.5. The van der Waals surface area contributed by atoms with Gasteiger partial charge in [0.25, 0.3) is 11.8 Å². The summed E-state index contributed by atoms with van der Waals surface area (Å²) in [5, 5.41) is 2.60. The molecule has 0 aliphatic carbocycles. The topological polar surface area (TPSA) is 66.9 Å². The highest BCUT2D eigenvalue weighted by atomic mass is 32.1. The summed E-state index contributed by atoms with van der Waals surface area (Å²) >= 11 is 1.60. The molecule has 1 fully saturated rings. The van der Waals surface area contributed by atoms with E-state index in [1.807, 2.05) is 35.7 Å². The fraction of sp³-hybridized carbons (Fsp3) is 0.208. The summed E-state index contributed by atoms with van der Waals surface area (Å²) in [5.74, 6) is -2.26. The number of hydrogen-bond acceptors (Lipinski definition) is 6. The van der Waals surface area contributed by atoms with E-state index in [1.54, 1.807) is 35.6 Å². The van der Waals surface area contributed by atoms with E-state index < -0.39 is 23.7 Å². The summed E-state index contributed by atoms with van der Waals surface area (Å²) < 4.78 is 0. The molecule has 0 bridgehead atoms. The third-order valence-corrected chi connectivity index (χ3v) is 6.80. The van der Waals surface area contributed by atoms with Gasteiger partial charge in [-0.15, -0.1) is 11.3 Å². The Morgan fingerprint density at radius 1 is 0.903 bits per heavy atom. The van der Waals surface area contributed by atoms with Gasteiger partial charge in [-0.2, -0.15) is 0 Å². The van der Waals surface area contributed by atoms with E-state index in [9.17, 15) is 14.4 Å². The Morgan fingerprint density at radius 3 is 2.23 bits per heavy atom. The highest BCUT2D eigenvalue weighted by Crippen LogP contribution is 2.37. The molecule has 6 nitrogen and oxygen atoms in total. The summed E-state index contributed by atoms with van der Waals surface area (Å²) in [6, 6.07) is 20.6. The molecule has 1 aromatic heterocycles. The number of benzene rings is 2. The molecule has 31 heavy (non-hydrogen) atoms. The van der Waals surface area contributed by atoms with Gasteiger partial charge in [-0.05, 0) is 29.1 Å². The number of likely N-dealkylation sites (tertiary alicyclic amines) is 1. The number of thiophene rings is 1. The third kappa shape index (κ3) is 3.66. The Kier molecular flexibility index (Phi) is 5.13. The van der Waals surface area contributed by atoms with E-state index in [-0.39, 0.29) is 17.0 Å². The van der Waals surface area contributed by atoms with Crippen LogP contribution in [0.15, 0.2) is 72.1 Å². The largest absolute Gasteiger partial charge is 0.338 e. The van der Waals surface area contributed by atoms with Crippen molar-refractivity contribution in [3.05, 3.63) is 93.7 Å². The van der Waals surface area contributed by atoms with E-state index in [0.29, 0.717) is 18.2 Å². The second-order valence-corrected chi connectivity index (χ2v) is 8.75. The van der Waals surface area contributed by atoms with Crippen molar-refractivity contribution >= 4 is 29.1 Å². The van der Waals surface area contributed by atoms with Crippen molar-refractivity contribution in [3.63, 3.8) is 0 Å². The molecule has 156 valence electrons. The number of carbonyl (C=O) groups excluding carboxylic acids is 3. The number of fused-ring (bicyclic) bond motifs is 1. The zero-order valence-electron chi connectivity index (χ0n) is 16.6. The first kappa shape index (κ1) is 19.7. The van der Waals surface area contributed by atoms with Crippen molar-refractivity contribution in [3.8, 4) is 0 Å². The number of imide groups is 1. The fourth-order valence-electron chi connectivity index (χ4n) is 4.29. The van der Waals surface area contributed by atoms with Gasteiger partial charge >= 0.3 is 5.97 Å². The van der Waals surface area contributed by atoms with Gasteiger partial charge in [-0.25, -0.2) is 4.79 Å². The first-order chi connectivity index (χ1) is 15.1. The number of hydrogen-bond donors (Lipinski definition) is 0. The lowest BCUT2D eigenvalue weighted by Gasteiger charge is -2.19. The standard InChI is InChI=1S/C24H20N2O4S/c27-22-17-9-4-5-10-18(17)23(28)26(22)30-24(29)20-15-25(13-16-7-2-1-3-8-16)14-19(20)21-11-6-12-31-21/h1-12,19-20H,13-15H2/t19-,20-/m1/s1. The molecule has 2 amide bonds. The molecular formula is C24H20N2O4S. The molecule has 0 N–H and O–H groups in total. The highest BCUT2D eigenvalue weighted by molar-refractivity contribution is 7.10. The molecule has 0 spiro atoms. The van der Waals surface area contributed by atoms with Gasteiger partial charge in [0.15, 0.2) is 0 Å². The molecule has 1 saturated heterocycles. The third-order valence-electron chi connectivity index (χ3n) is 5.79. The molecule has 0 saturated carbocycles. The minimum Gasteiger partial charge on any atom is -0.329 e. The Bertz CT molecular complexity index is 1090. The fourth-order valence-corrected chi connectivity index (χ4v) is 5.18. The predicted octanol–water partition coefficient (Wildman–Crippen LogP) is 3.72. The van der Waals surface area contributed by atoms with E-state index in [0.717, 1.165) is 11.4 Å². The summed E-state index contributed by atoms with van der Waals surface area (Å²) in [6.45, 7) is 1.93. The van der Waals surface area contributed by atoms with E-state index >= 15 is 0 Å². The number of hydroxylamine groups is 2. The molecule has 7 heteroatoms. The van der Waals surface area contributed by atoms with Gasteiger partial charge in [-0.1, -0.05) is 53.6 Å². The Labute approximate surface area is 183 Å². The minimum atomic E-state index is -0.597. The van der Waals surface area contributed by atoms with Crippen molar-refractivity contribution in [2.24, 2.45) is 5.92 Å². The second kappa shape index (κ2) is 8.09. The van der Waals surface area contributed by atoms with Crippen LogP contribution >= 0.6 is 11.3 Å². The maximum atomic E-state index is 13.2. The van der Waals surface area contributed by atoms with Crippen LogP contribution in [0.1, 0.15) is 37.1 Å². The van der Waals surface area contributed by atoms with E-state index in [4.69, 9.17) is 4.84 Å². The molecule has 2 aromatic carbocycles. The van der Waals surface area contributed by atoms with Crippen LogP contribution in [0.4, 0.5) is 0 Å². The molecule has 2 aliphatic rings. The molecule has 5 rings (SSSR count). The van der Waals surface area contributed by atoms with Gasteiger partial charge < -0.3 is 4.84 Å². The van der Waals surface area contributed by atoms with Gasteiger partial charge in [0.2, 0.25) is 0 Å². The minimum absolute atomic E-state index is 0.0496. The lowest BCUT2D eigenvalue weighted by Crippen LogP contribution is -2.36. The predicted molar refractivity (Wildman–Crippen MR) is 115 cm³/mol. The van der Waals surface area contributed by atoms with Crippen LogP contribution in [0, 0.1) is 5.92 Å². The van der Waals surface area contributed by atoms with Gasteiger partial charge in [0.05, 0.1) is 17.0 Å². The molecule has 3 heterocycles. The Balaban J connectivity index is 1.35. The lowest BCUT2D eigenvalue weighted by atomic mass is 9.95. The van der Waals surface area contributed by atoms with Gasteiger partial charge in [0, 0.05) is 30.4 Å². The Morgan fingerprint density at radius 2 is 1.58 bits per heavy atom. The van der Waals surface area contributed by atoms with Crippen LogP contribution in [0.5, 0.6) is 0 Å². The highest BCUT2D eigenvalue weighted by Gasteiger charge is 2.44. The smallest absolute Gasteiger partial charge is 0.329 e. The monoisotopic (exact) mass is 432 g/mol. The summed E-state index contributed by atoms with van der Waals surface area (Å²) in [6.07, 6.45) is 0. The summed E-state index contributed by atoms with van der Waals surface area (Å²) in [4.78, 5) is 47.1. The van der Waals surface area contributed by atoms with E-state index in [2.05, 4.69) is 17.0 Å². The first-order valence-corrected chi connectivity index (χ1v) is 11.0. The van der Waals surface area contributed by atoms with Crippen LogP contribution in [-0.4, -0.2) is 40.8 Å². The summed E-state index contributed by atoms with van der Waals surface area (Å²) in [7, 11) is 0. The zero-order chi connectivity index (χ0) is 21.4. The normalized spacial score (nSPS) is 20.8. The maximum absolute atomic E-state index is 13.2. The van der Waals surface area contributed by atoms with Crippen LogP contribution in [0.3, 0.4) is 0 Å². The SMILES string of the molecule is O=C(ON1C(=O)c2ccccc2C1=O)[C@@H]1CN(Cc2ccccc2)C[C@H]1c1cccs1. The van der Waals surface area contributed by atoms with Crippen LogP contribution in [0.25, 0.3) is 0 Å². The Hall–Kier alpha value is -3.29. The lowest BCUT2D eigenvalue weighted by molar-refractivity contribution is -0.173. The van der Waals surface area contributed by atoms with E-state index in [1.165, 1.54) is 5.56 Å². The second-order valence-electron chi connectivity index (χ2n) is 7.77. The van der Waals surface area contributed by atoms with Crippen LogP contribution in [0.2, 0.25) is 0 Å². The van der Waals surface area contributed by atoms with Crippen molar-refractivity contribution in [1.29, 1.82) is 0 Å². The number of amides is 2. The first-order valence-electron chi connectivity index (χ1n) is 10.1. The molecule has 2 aliphatic heterocycles. The van der Waals surface area contributed by atoms with Crippen LogP contribution in [-0.2, 0) is 16.2 Å². The number of carbonyl (C=O) groups is 3.